The van der Waals surface area contributed by atoms with Crippen LogP contribution in [0.2, 0.25) is 0 Å². The molecule has 0 radical (unpaired) electrons. The second kappa shape index (κ2) is 6.38. The first-order chi connectivity index (χ1) is 8.08. The lowest BCUT2D eigenvalue weighted by molar-refractivity contribution is -0.127. The highest BCUT2D eigenvalue weighted by atomic mass is 35.5. The molecule has 2 aliphatic heterocycles. The maximum atomic E-state index is 12.0. The molecule has 3 N–H and O–H groups in total. The Kier molecular flexibility index (Phi) is 5.41. The summed E-state index contributed by atoms with van der Waals surface area (Å²) in [5.74, 6) is 0.285. The van der Waals surface area contributed by atoms with Crippen molar-refractivity contribution in [2.45, 2.75) is 38.8 Å². The van der Waals surface area contributed by atoms with Gasteiger partial charge in [-0.2, -0.15) is 0 Å². The predicted molar refractivity (Wildman–Crippen MR) is 71.5 cm³/mol. The van der Waals surface area contributed by atoms with Gasteiger partial charge in [-0.3, -0.25) is 9.59 Å². The van der Waals surface area contributed by atoms with E-state index in [1.54, 1.807) is 0 Å². The summed E-state index contributed by atoms with van der Waals surface area (Å²) in [7, 11) is 0. The van der Waals surface area contributed by atoms with Crippen LogP contribution in [0.5, 0.6) is 0 Å². The molecular weight excluding hydrogens is 254 g/mol. The summed E-state index contributed by atoms with van der Waals surface area (Å²) in [6.07, 6.45) is 1.41. The summed E-state index contributed by atoms with van der Waals surface area (Å²) in [6, 6.07) is 0.472. The topological polar surface area (TPSA) is 70.2 Å². The Hall–Kier alpha value is -0.810. The number of halogens is 1. The molecule has 0 aromatic heterocycles. The highest BCUT2D eigenvalue weighted by Gasteiger charge is 2.33. The van der Waals surface area contributed by atoms with Crippen molar-refractivity contribution in [3.05, 3.63) is 0 Å². The maximum absolute atomic E-state index is 12.0. The SMILES string of the molecule is CC1CCNC(C)C1NC(=O)C1CNC(=O)C1.Cl. The third-order valence-electron chi connectivity index (χ3n) is 3.87. The minimum absolute atomic E-state index is 0. The number of nitrogens with one attached hydrogen (secondary N) is 3. The normalized spacial score (nSPS) is 35.6. The zero-order chi connectivity index (χ0) is 12.4. The summed E-state index contributed by atoms with van der Waals surface area (Å²) in [5.41, 5.74) is 0. The smallest absolute Gasteiger partial charge is 0.225 e. The van der Waals surface area contributed by atoms with Crippen LogP contribution in [0.15, 0.2) is 0 Å². The largest absolute Gasteiger partial charge is 0.355 e. The molecule has 2 aliphatic rings. The Morgan fingerprint density at radius 1 is 1.39 bits per heavy atom. The Bertz CT molecular complexity index is 314. The Morgan fingerprint density at radius 2 is 2.11 bits per heavy atom. The Labute approximate surface area is 114 Å². The predicted octanol–water partition coefficient (Wildman–Crippen LogP) is 0.0470. The van der Waals surface area contributed by atoms with E-state index in [-0.39, 0.29) is 36.2 Å². The summed E-state index contributed by atoms with van der Waals surface area (Å²) in [5, 5.41) is 9.15. The van der Waals surface area contributed by atoms with Crippen molar-refractivity contribution in [3.63, 3.8) is 0 Å². The number of hydrogen-bond acceptors (Lipinski definition) is 3. The monoisotopic (exact) mass is 275 g/mol. The van der Waals surface area contributed by atoms with Crippen LogP contribution in [-0.2, 0) is 9.59 Å². The van der Waals surface area contributed by atoms with Crippen LogP contribution >= 0.6 is 12.4 Å². The molecule has 0 aromatic rings. The third-order valence-corrected chi connectivity index (χ3v) is 3.87. The second-order valence-corrected chi connectivity index (χ2v) is 5.25. The van der Waals surface area contributed by atoms with Gasteiger partial charge in [-0.1, -0.05) is 6.92 Å². The van der Waals surface area contributed by atoms with Gasteiger partial charge in [0.05, 0.1) is 5.92 Å². The van der Waals surface area contributed by atoms with Crippen LogP contribution in [0, 0.1) is 11.8 Å². The molecular formula is C12H22ClN3O2. The van der Waals surface area contributed by atoms with Crippen molar-refractivity contribution in [1.82, 2.24) is 16.0 Å². The summed E-state index contributed by atoms with van der Waals surface area (Å²) in [6.45, 7) is 5.75. The average molecular weight is 276 g/mol. The van der Waals surface area contributed by atoms with E-state index >= 15 is 0 Å². The minimum atomic E-state index is -0.191. The number of rotatable bonds is 2. The standard InChI is InChI=1S/C12H21N3O2.ClH/c1-7-3-4-13-8(2)11(7)15-12(17)9-5-10(16)14-6-9;/h7-9,11,13H,3-6H2,1-2H3,(H,14,16)(H,15,17);1H. The summed E-state index contributed by atoms with van der Waals surface area (Å²) < 4.78 is 0. The van der Waals surface area contributed by atoms with Crippen LogP contribution in [0.4, 0.5) is 0 Å². The Morgan fingerprint density at radius 3 is 2.67 bits per heavy atom. The molecule has 4 unspecified atom stereocenters. The van der Waals surface area contributed by atoms with Gasteiger partial charge in [0.1, 0.15) is 0 Å². The second-order valence-electron chi connectivity index (χ2n) is 5.25. The molecule has 2 amide bonds. The third kappa shape index (κ3) is 3.36. The van der Waals surface area contributed by atoms with Crippen LogP contribution in [0.1, 0.15) is 26.7 Å². The molecule has 104 valence electrons. The van der Waals surface area contributed by atoms with E-state index in [4.69, 9.17) is 0 Å². The molecule has 2 saturated heterocycles. The van der Waals surface area contributed by atoms with Gasteiger partial charge in [-0.15, -0.1) is 12.4 Å². The molecule has 2 rings (SSSR count). The van der Waals surface area contributed by atoms with Crippen LogP contribution in [0.25, 0.3) is 0 Å². The first-order valence-electron chi connectivity index (χ1n) is 6.38. The first kappa shape index (κ1) is 15.2. The zero-order valence-electron chi connectivity index (χ0n) is 10.9. The van der Waals surface area contributed by atoms with Gasteiger partial charge in [0.2, 0.25) is 11.8 Å². The van der Waals surface area contributed by atoms with Crippen LogP contribution in [0.3, 0.4) is 0 Å². The van der Waals surface area contributed by atoms with Gasteiger partial charge >= 0.3 is 0 Å². The maximum Gasteiger partial charge on any atom is 0.225 e. The van der Waals surface area contributed by atoms with Gasteiger partial charge in [-0.05, 0) is 25.8 Å². The van der Waals surface area contributed by atoms with Crippen molar-refractivity contribution in [3.8, 4) is 0 Å². The highest BCUT2D eigenvalue weighted by molar-refractivity contribution is 5.89. The van der Waals surface area contributed by atoms with E-state index < -0.39 is 0 Å². The molecule has 2 fully saturated rings. The van der Waals surface area contributed by atoms with E-state index in [9.17, 15) is 9.59 Å². The van der Waals surface area contributed by atoms with Gasteiger partial charge < -0.3 is 16.0 Å². The lowest BCUT2D eigenvalue weighted by atomic mass is 9.88. The van der Waals surface area contributed by atoms with Crippen LogP contribution < -0.4 is 16.0 Å². The van der Waals surface area contributed by atoms with Crippen molar-refractivity contribution in [2.24, 2.45) is 11.8 Å². The molecule has 18 heavy (non-hydrogen) atoms. The summed E-state index contributed by atoms with van der Waals surface area (Å²) in [4.78, 5) is 23.1. The average Bonchev–Trinajstić information content (AvgIpc) is 2.70. The molecule has 6 heteroatoms. The first-order valence-corrected chi connectivity index (χ1v) is 6.38. The molecule has 0 aromatic carbocycles. The molecule has 5 nitrogen and oxygen atoms in total. The van der Waals surface area contributed by atoms with E-state index in [0.717, 1.165) is 13.0 Å². The van der Waals surface area contributed by atoms with Crippen molar-refractivity contribution >= 4 is 24.2 Å². The van der Waals surface area contributed by atoms with Gasteiger partial charge in [-0.25, -0.2) is 0 Å². The van der Waals surface area contributed by atoms with Crippen molar-refractivity contribution in [1.29, 1.82) is 0 Å². The molecule has 2 heterocycles. The fourth-order valence-corrected chi connectivity index (χ4v) is 2.68. The molecule has 0 bridgehead atoms. The van der Waals surface area contributed by atoms with E-state index in [1.807, 2.05) is 0 Å². The van der Waals surface area contributed by atoms with Crippen molar-refractivity contribution < 1.29 is 9.59 Å². The van der Waals surface area contributed by atoms with Crippen LogP contribution in [-0.4, -0.2) is 37.0 Å². The molecule has 0 spiro atoms. The fourth-order valence-electron chi connectivity index (χ4n) is 2.68. The molecule has 4 atom stereocenters. The lowest BCUT2D eigenvalue weighted by Crippen LogP contribution is -2.57. The minimum Gasteiger partial charge on any atom is -0.355 e. The van der Waals surface area contributed by atoms with E-state index in [2.05, 4.69) is 29.8 Å². The van der Waals surface area contributed by atoms with Gasteiger partial charge in [0, 0.05) is 25.0 Å². The quantitative estimate of drug-likeness (QED) is 0.667. The highest BCUT2D eigenvalue weighted by Crippen LogP contribution is 2.18. The number of amides is 2. The van der Waals surface area contributed by atoms with Crippen molar-refractivity contribution in [2.75, 3.05) is 13.1 Å². The zero-order valence-corrected chi connectivity index (χ0v) is 11.7. The van der Waals surface area contributed by atoms with E-state index in [1.165, 1.54) is 0 Å². The number of hydrogen-bond donors (Lipinski definition) is 3. The van der Waals surface area contributed by atoms with Gasteiger partial charge in [0.15, 0.2) is 0 Å². The lowest BCUT2D eigenvalue weighted by Gasteiger charge is -2.36. The summed E-state index contributed by atoms with van der Waals surface area (Å²) >= 11 is 0. The number of piperidine rings is 1. The molecule has 0 aliphatic carbocycles. The van der Waals surface area contributed by atoms with E-state index in [0.29, 0.717) is 24.9 Å². The fraction of sp³-hybridized carbons (Fsp3) is 0.833. The number of carbonyl (C=O) groups excluding carboxylic acids is 2. The Balaban J connectivity index is 0.00000162. The molecule has 0 saturated carbocycles. The number of carbonyl (C=O) groups is 2. The van der Waals surface area contributed by atoms with Gasteiger partial charge in [0.25, 0.3) is 0 Å².